The Kier molecular flexibility index (Phi) is 3.58. The summed E-state index contributed by atoms with van der Waals surface area (Å²) in [7, 11) is 0. The number of hydrogen-bond acceptors (Lipinski definition) is 2. The van der Waals surface area contributed by atoms with Crippen molar-refractivity contribution in [1.29, 1.82) is 0 Å². The maximum Gasteiger partial charge on any atom is 0.0603 e. The number of aliphatic hydroxyl groups excluding tert-OH is 1. The molecule has 0 spiro atoms. The van der Waals surface area contributed by atoms with E-state index in [0.29, 0.717) is 18.6 Å². The van der Waals surface area contributed by atoms with Crippen LogP contribution < -0.4 is 0 Å². The molecular weight excluding hydrogens is 150 g/mol. The Bertz CT molecular complexity index is 192. The van der Waals surface area contributed by atoms with Crippen LogP contribution in [0.25, 0.3) is 0 Å². The molecule has 68 valence electrons. The molecule has 0 aromatic carbocycles. The quantitative estimate of drug-likeness (QED) is 0.612. The highest BCUT2D eigenvalue weighted by atomic mass is 16.3. The van der Waals surface area contributed by atoms with Gasteiger partial charge in [-0.3, -0.25) is 4.90 Å². The van der Waals surface area contributed by atoms with Crippen LogP contribution in [-0.4, -0.2) is 35.7 Å². The van der Waals surface area contributed by atoms with Crippen molar-refractivity contribution in [2.45, 2.75) is 26.3 Å². The fraction of sp³-hybridized carbons (Fsp3) is 0.800. The lowest BCUT2D eigenvalue weighted by atomic mass is 10.0. The van der Waals surface area contributed by atoms with Crippen molar-refractivity contribution in [2.75, 3.05) is 19.7 Å². The van der Waals surface area contributed by atoms with Crippen LogP contribution in [0.4, 0.5) is 0 Å². The van der Waals surface area contributed by atoms with Gasteiger partial charge in [-0.05, 0) is 32.7 Å². The van der Waals surface area contributed by atoms with E-state index in [1.165, 1.54) is 0 Å². The fourth-order valence-electron chi connectivity index (χ4n) is 1.72. The zero-order valence-corrected chi connectivity index (χ0v) is 7.88. The minimum atomic E-state index is 0.317. The third kappa shape index (κ3) is 2.00. The minimum absolute atomic E-state index is 0.317. The van der Waals surface area contributed by atoms with Crippen molar-refractivity contribution < 1.29 is 5.11 Å². The standard InChI is InChI=1S/C10H17NO/c1-3-4-6-11-7-5-10(8-12)9(11)2/h9-10,12H,5-8H2,1-2H3. The summed E-state index contributed by atoms with van der Waals surface area (Å²) in [4.78, 5) is 2.33. The van der Waals surface area contributed by atoms with Crippen LogP contribution in [0.3, 0.4) is 0 Å². The Morgan fingerprint density at radius 3 is 2.83 bits per heavy atom. The van der Waals surface area contributed by atoms with Gasteiger partial charge in [-0.2, -0.15) is 0 Å². The van der Waals surface area contributed by atoms with Gasteiger partial charge in [0.25, 0.3) is 0 Å². The van der Waals surface area contributed by atoms with Crippen LogP contribution in [0.5, 0.6) is 0 Å². The van der Waals surface area contributed by atoms with E-state index in [0.717, 1.165) is 19.5 Å². The van der Waals surface area contributed by atoms with Gasteiger partial charge in [0, 0.05) is 12.6 Å². The Balaban J connectivity index is 2.41. The zero-order chi connectivity index (χ0) is 8.97. The second-order valence-corrected chi connectivity index (χ2v) is 3.37. The highest BCUT2D eigenvalue weighted by Gasteiger charge is 2.28. The molecule has 1 aliphatic rings. The van der Waals surface area contributed by atoms with E-state index in [-0.39, 0.29) is 0 Å². The molecule has 2 unspecified atom stereocenters. The Morgan fingerprint density at radius 2 is 2.33 bits per heavy atom. The smallest absolute Gasteiger partial charge is 0.0603 e. The molecule has 1 aliphatic heterocycles. The first-order chi connectivity index (χ1) is 5.79. The SMILES string of the molecule is CC#CCN1CCC(CO)C1C. The summed E-state index contributed by atoms with van der Waals surface area (Å²) in [6, 6.07) is 0.496. The number of hydrogen-bond donors (Lipinski definition) is 1. The average molecular weight is 167 g/mol. The molecular formula is C10H17NO. The fourth-order valence-corrected chi connectivity index (χ4v) is 1.72. The molecule has 1 rings (SSSR count). The summed E-state index contributed by atoms with van der Waals surface area (Å²) in [6.07, 6.45) is 1.11. The topological polar surface area (TPSA) is 23.5 Å². The van der Waals surface area contributed by atoms with Crippen LogP contribution in [-0.2, 0) is 0 Å². The van der Waals surface area contributed by atoms with Gasteiger partial charge in [0.15, 0.2) is 0 Å². The van der Waals surface area contributed by atoms with Crippen molar-refractivity contribution in [3.63, 3.8) is 0 Å². The van der Waals surface area contributed by atoms with Crippen LogP contribution in [0.2, 0.25) is 0 Å². The van der Waals surface area contributed by atoms with E-state index >= 15 is 0 Å². The van der Waals surface area contributed by atoms with Crippen molar-refractivity contribution >= 4 is 0 Å². The molecule has 2 heteroatoms. The minimum Gasteiger partial charge on any atom is -0.396 e. The second kappa shape index (κ2) is 4.49. The van der Waals surface area contributed by atoms with E-state index < -0.39 is 0 Å². The lowest BCUT2D eigenvalue weighted by Crippen LogP contribution is -2.31. The third-order valence-corrected chi connectivity index (χ3v) is 2.74. The summed E-state index contributed by atoms with van der Waals surface area (Å²) in [6.45, 7) is 6.29. The van der Waals surface area contributed by atoms with Gasteiger partial charge in [-0.15, -0.1) is 5.92 Å². The molecule has 1 fully saturated rings. The molecule has 0 radical (unpaired) electrons. The van der Waals surface area contributed by atoms with E-state index in [2.05, 4.69) is 23.7 Å². The molecule has 0 aromatic rings. The Labute approximate surface area is 74.6 Å². The molecule has 2 atom stereocenters. The van der Waals surface area contributed by atoms with E-state index in [9.17, 15) is 0 Å². The van der Waals surface area contributed by atoms with E-state index in [1.807, 2.05) is 6.92 Å². The first kappa shape index (κ1) is 9.57. The molecule has 0 aliphatic carbocycles. The highest BCUT2D eigenvalue weighted by molar-refractivity contribution is 5.00. The predicted molar refractivity (Wildman–Crippen MR) is 49.7 cm³/mol. The summed E-state index contributed by atoms with van der Waals surface area (Å²) in [5.74, 6) is 6.42. The molecule has 2 nitrogen and oxygen atoms in total. The molecule has 0 aromatic heterocycles. The third-order valence-electron chi connectivity index (χ3n) is 2.74. The first-order valence-corrected chi connectivity index (χ1v) is 4.54. The molecule has 0 amide bonds. The normalized spacial score (nSPS) is 29.9. The lowest BCUT2D eigenvalue weighted by Gasteiger charge is -2.21. The molecule has 12 heavy (non-hydrogen) atoms. The monoisotopic (exact) mass is 167 g/mol. The predicted octanol–water partition coefficient (Wildman–Crippen LogP) is 0.712. The van der Waals surface area contributed by atoms with E-state index in [4.69, 9.17) is 5.11 Å². The largest absolute Gasteiger partial charge is 0.396 e. The van der Waals surface area contributed by atoms with Gasteiger partial charge in [0.05, 0.1) is 6.54 Å². The van der Waals surface area contributed by atoms with Gasteiger partial charge in [0.2, 0.25) is 0 Å². The summed E-state index contributed by atoms with van der Waals surface area (Å²) in [5, 5.41) is 9.02. The van der Waals surface area contributed by atoms with Gasteiger partial charge in [-0.1, -0.05) is 5.92 Å². The van der Waals surface area contributed by atoms with Gasteiger partial charge < -0.3 is 5.11 Å². The van der Waals surface area contributed by atoms with Crippen LogP contribution in [0, 0.1) is 17.8 Å². The van der Waals surface area contributed by atoms with Gasteiger partial charge in [0.1, 0.15) is 0 Å². The molecule has 1 saturated heterocycles. The highest BCUT2D eigenvalue weighted by Crippen LogP contribution is 2.22. The summed E-state index contributed by atoms with van der Waals surface area (Å²) < 4.78 is 0. The summed E-state index contributed by atoms with van der Waals surface area (Å²) in [5.41, 5.74) is 0. The number of aliphatic hydroxyl groups is 1. The van der Waals surface area contributed by atoms with Crippen molar-refractivity contribution in [1.82, 2.24) is 4.90 Å². The van der Waals surface area contributed by atoms with Crippen molar-refractivity contribution in [2.24, 2.45) is 5.92 Å². The summed E-state index contributed by atoms with van der Waals surface area (Å²) >= 11 is 0. The van der Waals surface area contributed by atoms with Crippen molar-refractivity contribution in [3.8, 4) is 11.8 Å². The van der Waals surface area contributed by atoms with Gasteiger partial charge >= 0.3 is 0 Å². The number of rotatable bonds is 2. The molecule has 0 bridgehead atoms. The molecule has 1 N–H and O–H groups in total. The van der Waals surface area contributed by atoms with Crippen molar-refractivity contribution in [3.05, 3.63) is 0 Å². The van der Waals surface area contributed by atoms with Crippen LogP contribution in [0.15, 0.2) is 0 Å². The maximum absolute atomic E-state index is 9.02. The second-order valence-electron chi connectivity index (χ2n) is 3.37. The van der Waals surface area contributed by atoms with Crippen LogP contribution >= 0.6 is 0 Å². The van der Waals surface area contributed by atoms with Gasteiger partial charge in [-0.25, -0.2) is 0 Å². The lowest BCUT2D eigenvalue weighted by molar-refractivity contribution is 0.185. The molecule has 0 saturated carbocycles. The first-order valence-electron chi connectivity index (χ1n) is 4.54. The Morgan fingerprint density at radius 1 is 1.58 bits per heavy atom. The number of nitrogens with zero attached hydrogens (tertiary/aromatic N) is 1. The zero-order valence-electron chi connectivity index (χ0n) is 7.88. The number of likely N-dealkylation sites (tertiary alicyclic amines) is 1. The van der Waals surface area contributed by atoms with E-state index in [1.54, 1.807) is 0 Å². The Hall–Kier alpha value is -0.520. The maximum atomic E-state index is 9.02. The molecule has 1 heterocycles. The average Bonchev–Trinajstić information content (AvgIpc) is 2.43. The van der Waals surface area contributed by atoms with Crippen LogP contribution in [0.1, 0.15) is 20.3 Å².